The van der Waals surface area contributed by atoms with E-state index >= 15 is 0 Å². The van der Waals surface area contributed by atoms with Crippen molar-refractivity contribution in [3.8, 4) is 0 Å². The molecule has 0 spiro atoms. The maximum absolute atomic E-state index is 12.8. The van der Waals surface area contributed by atoms with Gasteiger partial charge in [0.1, 0.15) is 0 Å². The molecule has 0 aliphatic heterocycles. The summed E-state index contributed by atoms with van der Waals surface area (Å²) in [6, 6.07) is 0.400. The fourth-order valence-electron chi connectivity index (χ4n) is 3.70. The van der Waals surface area contributed by atoms with Crippen LogP contribution in [0.3, 0.4) is 0 Å². The zero-order valence-corrected chi connectivity index (χ0v) is 15.0. The van der Waals surface area contributed by atoms with E-state index in [1.54, 1.807) is 6.20 Å². The molecule has 0 radical (unpaired) electrons. The second kappa shape index (κ2) is 6.79. The second-order valence-corrected chi connectivity index (χ2v) is 6.68. The Morgan fingerprint density at radius 3 is 2.88 bits per heavy atom. The molecule has 24 heavy (non-hydrogen) atoms. The molecular weight excluding hydrogens is 302 g/mol. The molecule has 6 heteroatoms. The van der Waals surface area contributed by atoms with Crippen molar-refractivity contribution in [1.29, 1.82) is 0 Å². The van der Waals surface area contributed by atoms with Gasteiger partial charge in [0, 0.05) is 24.5 Å². The maximum atomic E-state index is 12.8. The minimum Gasteiger partial charge on any atom is -0.345 e. The van der Waals surface area contributed by atoms with Crippen molar-refractivity contribution >= 4 is 5.91 Å². The third-order valence-corrected chi connectivity index (χ3v) is 5.10. The van der Waals surface area contributed by atoms with E-state index in [0.717, 1.165) is 49.1 Å². The highest BCUT2D eigenvalue weighted by Gasteiger charge is 2.26. The lowest BCUT2D eigenvalue weighted by Gasteiger charge is -2.22. The molecular formula is C18H27N5O. The van der Waals surface area contributed by atoms with Crippen LogP contribution < -0.4 is 5.32 Å². The topological polar surface area (TPSA) is 64.7 Å². The van der Waals surface area contributed by atoms with Crippen LogP contribution >= 0.6 is 0 Å². The largest absolute Gasteiger partial charge is 0.345 e. The Bertz CT molecular complexity index is 726. The minimum atomic E-state index is -0.0357. The summed E-state index contributed by atoms with van der Waals surface area (Å²) in [5.74, 6) is -0.0357. The summed E-state index contributed by atoms with van der Waals surface area (Å²) in [4.78, 5) is 12.8. The van der Waals surface area contributed by atoms with Crippen molar-refractivity contribution in [3.63, 3.8) is 0 Å². The monoisotopic (exact) mass is 329 g/mol. The minimum absolute atomic E-state index is 0.0357. The van der Waals surface area contributed by atoms with Crippen molar-refractivity contribution in [2.24, 2.45) is 7.05 Å². The van der Waals surface area contributed by atoms with E-state index in [9.17, 15) is 4.79 Å². The van der Waals surface area contributed by atoms with Crippen LogP contribution in [0.2, 0.25) is 0 Å². The Kier molecular flexibility index (Phi) is 4.73. The van der Waals surface area contributed by atoms with Crippen LogP contribution in [0.5, 0.6) is 0 Å². The predicted octanol–water partition coefficient (Wildman–Crippen LogP) is 3.09. The molecule has 6 nitrogen and oxygen atoms in total. The van der Waals surface area contributed by atoms with Crippen molar-refractivity contribution in [2.45, 2.75) is 65.0 Å². The first kappa shape index (κ1) is 16.7. The van der Waals surface area contributed by atoms with Gasteiger partial charge in [-0.05, 0) is 39.0 Å². The van der Waals surface area contributed by atoms with Gasteiger partial charge in [0.15, 0.2) is 0 Å². The van der Waals surface area contributed by atoms with Gasteiger partial charge in [-0.15, -0.1) is 0 Å². The number of aryl methyl sites for hydroxylation is 2. The van der Waals surface area contributed by atoms with E-state index < -0.39 is 0 Å². The second-order valence-electron chi connectivity index (χ2n) is 6.68. The van der Waals surface area contributed by atoms with Crippen LogP contribution in [0.25, 0.3) is 0 Å². The van der Waals surface area contributed by atoms with Gasteiger partial charge < -0.3 is 5.32 Å². The summed E-state index contributed by atoms with van der Waals surface area (Å²) >= 11 is 0. The van der Waals surface area contributed by atoms with Gasteiger partial charge in [0.2, 0.25) is 0 Å². The third-order valence-electron chi connectivity index (χ3n) is 5.10. The van der Waals surface area contributed by atoms with Crippen LogP contribution in [0.15, 0.2) is 12.4 Å². The third kappa shape index (κ3) is 2.97. The molecule has 3 rings (SSSR count). The first-order chi connectivity index (χ1) is 11.5. The summed E-state index contributed by atoms with van der Waals surface area (Å²) in [5, 5.41) is 12.1. The Morgan fingerprint density at radius 1 is 1.42 bits per heavy atom. The predicted molar refractivity (Wildman–Crippen MR) is 92.9 cm³/mol. The number of amides is 1. The van der Waals surface area contributed by atoms with Crippen molar-refractivity contribution in [1.82, 2.24) is 24.9 Å². The molecule has 0 fully saturated rings. The molecule has 0 bridgehead atoms. The first-order valence-electron chi connectivity index (χ1n) is 8.92. The number of carbonyl (C=O) groups is 1. The molecule has 1 atom stereocenters. The summed E-state index contributed by atoms with van der Waals surface area (Å²) in [6.45, 7) is 6.29. The highest BCUT2D eigenvalue weighted by Crippen LogP contribution is 2.29. The zero-order valence-electron chi connectivity index (χ0n) is 15.0. The van der Waals surface area contributed by atoms with Crippen LogP contribution in [-0.2, 0) is 13.5 Å². The van der Waals surface area contributed by atoms with Crippen LogP contribution in [0.4, 0.5) is 0 Å². The van der Waals surface area contributed by atoms with Crippen LogP contribution in [0.1, 0.15) is 78.9 Å². The average molecular weight is 329 g/mol. The Hall–Kier alpha value is -2.11. The quantitative estimate of drug-likeness (QED) is 0.917. The number of carbonyl (C=O) groups excluding carboxylic acids is 1. The van der Waals surface area contributed by atoms with E-state index in [1.807, 2.05) is 29.5 Å². The number of nitrogens with one attached hydrogen (secondary N) is 1. The molecule has 1 unspecified atom stereocenters. The van der Waals surface area contributed by atoms with Gasteiger partial charge in [-0.25, -0.2) is 0 Å². The number of aromatic nitrogens is 4. The molecule has 2 aromatic rings. The molecule has 0 aromatic carbocycles. The molecule has 2 aromatic heterocycles. The number of fused-ring (bicyclic) bond motifs is 1. The van der Waals surface area contributed by atoms with E-state index in [-0.39, 0.29) is 11.9 Å². The highest BCUT2D eigenvalue weighted by atomic mass is 16.1. The van der Waals surface area contributed by atoms with Crippen LogP contribution in [0, 0.1) is 6.92 Å². The highest BCUT2D eigenvalue weighted by molar-refractivity contribution is 5.95. The normalized spacial score (nSPS) is 17.1. The fourth-order valence-corrected chi connectivity index (χ4v) is 3.70. The molecule has 1 N–H and O–H groups in total. The van der Waals surface area contributed by atoms with Gasteiger partial charge in [-0.3, -0.25) is 14.2 Å². The van der Waals surface area contributed by atoms with Crippen molar-refractivity contribution < 1.29 is 4.79 Å². The van der Waals surface area contributed by atoms with Crippen LogP contribution in [-0.4, -0.2) is 25.5 Å². The molecule has 1 aliphatic rings. The van der Waals surface area contributed by atoms with Gasteiger partial charge in [0.25, 0.3) is 5.91 Å². The SMILES string of the molecule is CCC(CC)n1ncc(C(=O)NC2CCCc3nn(C)cc32)c1C. The molecule has 0 saturated heterocycles. The molecule has 0 saturated carbocycles. The lowest BCUT2D eigenvalue weighted by atomic mass is 9.93. The first-order valence-corrected chi connectivity index (χ1v) is 8.92. The number of hydrogen-bond donors (Lipinski definition) is 1. The van der Waals surface area contributed by atoms with E-state index in [1.165, 1.54) is 0 Å². The summed E-state index contributed by atoms with van der Waals surface area (Å²) in [7, 11) is 1.93. The molecule has 130 valence electrons. The van der Waals surface area contributed by atoms with E-state index in [4.69, 9.17) is 0 Å². The van der Waals surface area contributed by atoms with E-state index in [2.05, 4.69) is 29.4 Å². The number of nitrogens with zero attached hydrogens (tertiary/aromatic N) is 4. The van der Waals surface area contributed by atoms with Gasteiger partial charge in [0.05, 0.1) is 29.5 Å². The molecule has 2 heterocycles. The van der Waals surface area contributed by atoms with Crippen molar-refractivity contribution in [3.05, 3.63) is 34.9 Å². The number of hydrogen-bond acceptors (Lipinski definition) is 3. The maximum Gasteiger partial charge on any atom is 0.255 e. The standard InChI is InChI=1S/C18H27N5O/c1-5-13(6-2)23-12(3)14(10-19-23)18(24)20-16-8-7-9-17-15(16)11-22(4)21-17/h10-11,13,16H,5-9H2,1-4H3,(H,20,24). The molecule has 1 aliphatic carbocycles. The Labute approximate surface area is 143 Å². The van der Waals surface area contributed by atoms with Gasteiger partial charge in [-0.2, -0.15) is 10.2 Å². The fraction of sp³-hybridized carbons (Fsp3) is 0.611. The summed E-state index contributed by atoms with van der Waals surface area (Å²) in [6.07, 6.45) is 8.78. The van der Waals surface area contributed by atoms with Gasteiger partial charge >= 0.3 is 0 Å². The van der Waals surface area contributed by atoms with Gasteiger partial charge in [-0.1, -0.05) is 13.8 Å². The van der Waals surface area contributed by atoms with Crippen molar-refractivity contribution in [2.75, 3.05) is 0 Å². The summed E-state index contributed by atoms with van der Waals surface area (Å²) < 4.78 is 3.83. The average Bonchev–Trinajstić information content (AvgIpc) is 3.12. The zero-order chi connectivity index (χ0) is 17.3. The van der Waals surface area contributed by atoms with E-state index in [0.29, 0.717) is 11.6 Å². The lowest BCUT2D eigenvalue weighted by molar-refractivity contribution is 0.0932. The molecule has 1 amide bonds. The smallest absolute Gasteiger partial charge is 0.255 e. The lowest BCUT2D eigenvalue weighted by Crippen LogP contribution is -2.31. The summed E-state index contributed by atoms with van der Waals surface area (Å²) in [5.41, 5.74) is 3.89. The number of rotatable bonds is 5. The Balaban J connectivity index is 1.79. The Morgan fingerprint density at radius 2 is 2.17 bits per heavy atom.